The second-order valence-corrected chi connectivity index (χ2v) is 23.1. The summed E-state index contributed by atoms with van der Waals surface area (Å²) in [5.74, 6) is 0.547. The fourth-order valence-corrected chi connectivity index (χ4v) is 11.0. The molecule has 0 fully saturated rings. The van der Waals surface area contributed by atoms with Crippen molar-refractivity contribution in [3.05, 3.63) is 77.3 Å². The number of hydrogen-bond acceptors (Lipinski definition) is 5. The summed E-state index contributed by atoms with van der Waals surface area (Å²) in [6.45, 7) is 27.1. The van der Waals surface area contributed by atoms with E-state index in [4.69, 9.17) is 9.97 Å². The number of hydrogen-bond donors (Lipinski definition) is 1. The van der Waals surface area contributed by atoms with Crippen LogP contribution in [0.25, 0.3) is 42.3 Å². The maximum atomic E-state index is 11.7. The molecule has 1 radical (unpaired) electrons. The molecular formula is C45H59IrN2O2SSi-. The zero-order valence-corrected chi connectivity index (χ0v) is 37.7. The Morgan fingerprint density at radius 2 is 1.50 bits per heavy atom. The van der Waals surface area contributed by atoms with Crippen molar-refractivity contribution in [2.75, 3.05) is 0 Å². The van der Waals surface area contributed by atoms with Crippen LogP contribution in [0.5, 0.6) is 0 Å². The standard InChI is InChI=1S/C32H35N2SSi.C13H24O2.Ir/c1-19-9-10-22-20(15-19)16-21(17-25(22)36(6,7)8)27-30-28(34-18-33-27)23-11-12-24-26(29(23)35-30)32(4,5)14-13-31(24,2)3;1-5-10(6-2)12(14)9-13(15)11(7-3)8-4;/h9-12,15,17-18H,13-14H2,1-8H3;9-11,14H,5-8H2,1-4H3;/q-1;;/b;12-9-;. The Morgan fingerprint density at radius 3 is 2.12 bits per heavy atom. The third-order valence-electron chi connectivity index (χ3n) is 11.4. The number of aliphatic hydroxyl groups excluding tert-OH is 1. The summed E-state index contributed by atoms with van der Waals surface area (Å²) in [7, 11) is -1.59. The van der Waals surface area contributed by atoms with Crippen molar-refractivity contribution in [3.63, 3.8) is 0 Å². The van der Waals surface area contributed by atoms with Crippen LogP contribution in [-0.4, -0.2) is 28.9 Å². The smallest absolute Gasteiger partial charge is 0.162 e. The van der Waals surface area contributed by atoms with Crippen molar-refractivity contribution >= 4 is 61.5 Å². The number of allylic oxidation sites excluding steroid dienone is 2. The summed E-state index contributed by atoms with van der Waals surface area (Å²) < 4.78 is 2.58. The second kappa shape index (κ2) is 16.3. The molecule has 6 rings (SSSR count). The number of thiophene rings is 1. The molecule has 0 aliphatic heterocycles. The Bertz CT molecular complexity index is 2100. The summed E-state index contributed by atoms with van der Waals surface area (Å²) in [4.78, 5) is 21.4. The van der Waals surface area contributed by atoms with Gasteiger partial charge in [-0.3, -0.25) is 9.78 Å². The Balaban J connectivity index is 0.000000323. The molecule has 0 spiro atoms. The average Bonchev–Trinajstić information content (AvgIpc) is 3.46. The zero-order chi connectivity index (χ0) is 37.5. The number of aromatic nitrogens is 2. The summed E-state index contributed by atoms with van der Waals surface area (Å²) in [6, 6.07) is 17.6. The van der Waals surface area contributed by atoms with E-state index in [9.17, 15) is 9.90 Å². The number of ketones is 1. The molecule has 2 aromatic heterocycles. The number of aliphatic hydroxyl groups is 1. The second-order valence-electron chi connectivity index (χ2n) is 17.0. The molecule has 0 saturated heterocycles. The van der Waals surface area contributed by atoms with Gasteiger partial charge in [-0.05, 0) is 67.4 Å². The van der Waals surface area contributed by atoms with E-state index >= 15 is 0 Å². The number of benzene rings is 3. The number of carbonyl (C=O) groups is 1. The van der Waals surface area contributed by atoms with Crippen LogP contribution in [0.3, 0.4) is 0 Å². The van der Waals surface area contributed by atoms with Crippen LogP contribution in [0.2, 0.25) is 19.6 Å². The SMILES string of the molecule is CCC(CC)C(=O)/C=C(\O)C(CC)CC.Cc1ccc2c([Si](C)(C)C)cc(-c3ncnc4c3sc3c5c(ccc34)C(C)(C)CCC5(C)C)[c-]c2c1.[Ir]. The average molecular weight is 912 g/mol. The van der Waals surface area contributed by atoms with Gasteiger partial charge in [0.25, 0.3) is 0 Å². The van der Waals surface area contributed by atoms with E-state index in [0.29, 0.717) is 0 Å². The summed E-state index contributed by atoms with van der Waals surface area (Å²) in [5.41, 5.74) is 7.82. The van der Waals surface area contributed by atoms with Crippen molar-refractivity contribution < 1.29 is 30.0 Å². The predicted molar refractivity (Wildman–Crippen MR) is 224 cm³/mol. The number of carbonyl (C=O) groups excluding carboxylic acids is 1. The van der Waals surface area contributed by atoms with Gasteiger partial charge in [-0.15, -0.1) is 40.1 Å². The van der Waals surface area contributed by atoms with Crippen molar-refractivity contribution in [1.82, 2.24) is 9.97 Å². The number of aryl methyl sites for hydroxylation is 1. The molecule has 0 atom stereocenters. The molecule has 2 heterocycles. The van der Waals surface area contributed by atoms with Crippen molar-refractivity contribution in [1.29, 1.82) is 0 Å². The van der Waals surface area contributed by atoms with Crippen LogP contribution < -0.4 is 5.19 Å². The molecular weight excluding hydrogens is 853 g/mol. The molecule has 1 aliphatic carbocycles. The van der Waals surface area contributed by atoms with E-state index in [1.165, 1.54) is 66.4 Å². The molecule has 52 heavy (non-hydrogen) atoms. The minimum atomic E-state index is -1.59. The molecule has 0 bridgehead atoms. The Hall–Kier alpha value is -2.70. The van der Waals surface area contributed by atoms with Crippen LogP contribution in [-0.2, 0) is 35.7 Å². The van der Waals surface area contributed by atoms with Gasteiger partial charge in [0, 0.05) is 58.5 Å². The first-order chi connectivity index (χ1) is 24.0. The fraction of sp³-hybridized carbons (Fsp3) is 0.489. The van der Waals surface area contributed by atoms with Crippen molar-refractivity contribution in [3.8, 4) is 11.3 Å². The van der Waals surface area contributed by atoms with Crippen LogP contribution in [0, 0.1) is 24.8 Å². The van der Waals surface area contributed by atoms with Crippen LogP contribution in [0.1, 0.15) is 111 Å². The van der Waals surface area contributed by atoms with E-state index < -0.39 is 8.07 Å². The first-order valence-corrected chi connectivity index (χ1v) is 23.4. The van der Waals surface area contributed by atoms with Crippen LogP contribution in [0.15, 0.2) is 54.6 Å². The molecule has 281 valence electrons. The number of nitrogens with zero attached hydrogens (tertiary/aromatic N) is 2. The van der Waals surface area contributed by atoms with Gasteiger partial charge in [-0.1, -0.05) is 116 Å². The zero-order valence-electron chi connectivity index (χ0n) is 33.5. The van der Waals surface area contributed by atoms with Gasteiger partial charge in [0.05, 0.1) is 19.3 Å². The van der Waals surface area contributed by atoms with Crippen LogP contribution in [0.4, 0.5) is 0 Å². The van der Waals surface area contributed by atoms with Gasteiger partial charge in [0.1, 0.15) is 6.33 Å². The van der Waals surface area contributed by atoms with Gasteiger partial charge in [0.15, 0.2) is 5.78 Å². The largest absolute Gasteiger partial charge is 0.512 e. The molecule has 0 amide bonds. The summed E-state index contributed by atoms with van der Waals surface area (Å²) in [6.07, 6.45) is 9.08. The minimum Gasteiger partial charge on any atom is -0.512 e. The third-order valence-corrected chi connectivity index (χ3v) is 14.6. The molecule has 3 aromatic carbocycles. The quantitative estimate of drug-likeness (QED) is 0.0693. The maximum Gasteiger partial charge on any atom is 0.162 e. The van der Waals surface area contributed by atoms with E-state index in [-0.39, 0.29) is 54.3 Å². The first-order valence-electron chi connectivity index (χ1n) is 19.1. The maximum absolute atomic E-state index is 11.7. The Morgan fingerprint density at radius 1 is 0.885 bits per heavy atom. The van der Waals surface area contributed by atoms with Gasteiger partial charge >= 0.3 is 0 Å². The Kier molecular flexibility index (Phi) is 13.2. The number of rotatable bonds is 9. The van der Waals surface area contributed by atoms with E-state index in [2.05, 4.69) is 96.7 Å². The van der Waals surface area contributed by atoms with Crippen molar-refractivity contribution in [2.45, 2.75) is 131 Å². The molecule has 0 unspecified atom stereocenters. The Labute approximate surface area is 331 Å². The van der Waals surface area contributed by atoms with Gasteiger partial charge < -0.3 is 5.11 Å². The molecule has 7 heteroatoms. The van der Waals surface area contributed by atoms with Gasteiger partial charge in [-0.25, -0.2) is 4.98 Å². The van der Waals surface area contributed by atoms with Crippen molar-refractivity contribution in [2.24, 2.45) is 11.8 Å². The first kappa shape index (κ1) is 42.0. The van der Waals surface area contributed by atoms with E-state index in [0.717, 1.165) is 42.5 Å². The third kappa shape index (κ3) is 8.33. The monoisotopic (exact) mass is 912 g/mol. The molecule has 1 N–H and O–H groups in total. The molecule has 0 saturated carbocycles. The predicted octanol–water partition coefficient (Wildman–Crippen LogP) is 12.5. The molecule has 4 nitrogen and oxygen atoms in total. The van der Waals surface area contributed by atoms with Gasteiger partial charge in [-0.2, -0.15) is 0 Å². The fourth-order valence-electron chi connectivity index (χ4n) is 7.88. The minimum absolute atomic E-state index is 0. The van der Waals surface area contributed by atoms with E-state index in [1.807, 2.05) is 39.0 Å². The van der Waals surface area contributed by atoms with Crippen LogP contribution >= 0.6 is 11.3 Å². The topological polar surface area (TPSA) is 63.1 Å². The normalized spacial score (nSPS) is 15.5. The number of fused-ring (bicyclic) bond motifs is 6. The van der Waals surface area contributed by atoms with Gasteiger partial charge in [0.2, 0.25) is 0 Å². The molecule has 1 aliphatic rings. The molecule has 5 aromatic rings. The van der Waals surface area contributed by atoms with E-state index in [1.54, 1.807) is 6.33 Å². The summed E-state index contributed by atoms with van der Waals surface area (Å²) in [5, 5.41) is 15.0. The summed E-state index contributed by atoms with van der Waals surface area (Å²) >= 11 is 1.89.